The van der Waals surface area contributed by atoms with Crippen LogP contribution in [0.2, 0.25) is 0 Å². The molecule has 0 radical (unpaired) electrons. The van der Waals surface area contributed by atoms with Crippen molar-refractivity contribution in [1.29, 1.82) is 0 Å². The average molecular weight is 133 g/mol. The average Bonchev–Trinajstić information content (AvgIpc) is 1.80. The molecule has 0 aliphatic carbocycles. The smallest absolute Gasteiger partial charge is 0.219 e. The minimum atomic E-state index is -0.381. The fourth-order valence-electron chi connectivity index (χ4n) is 0.283. The van der Waals surface area contributed by atoms with Crippen molar-refractivity contribution in [2.45, 2.75) is 6.42 Å². The van der Waals surface area contributed by atoms with Gasteiger partial charge in [-0.3, -0.25) is 4.79 Å². The number of hydrogen-bond donors (Lipinski definition) is 3. The van der Waals surface area contributed by atoms with Crippen LogP contribution < -0.4 is 16.9 Å². The Kier molecular flexibility index (Phi) is 5.09. The van der Waals surface area contributed by atoms with Gasteiger partial charge in [-0.15, -0.1) is 0 Å². The van der Waals surface area contributed by atoms with Gasteiger partial charge in [0.2, 0.25) is 5.91 Å². The molecule has 5 heteroatoms. The van der Waals surface area contributed by atoms with E-state index in [2.05, 4.69) is 10.3 Å². The summed E-state index contributed by atoms with van der Waals surface area (Å²) < 4.78 is 0. The van der Waals surface area contributed by atoms with Gasteiger partial charge in [-0.1, -0.05) is 0 Å². The molecule has 0 aromatic heterocycles. The molecule has 0 bridgehead atoms. The summed E-state index contributed by atoms with van der Waals surface area (Å²) in [6.45, 7) is 0.505. The van der Waals surface area contributed by atoms with Gasteiger partial charge in [-0.05, 0) is 0 Å². The molecule has 0 rings (SSSR count). The Balaban J connectivity index is 2.83. The molecule has 9 heavy (non-hydrogen) atoms. The fraction of sp³-hybridized carbons (Fsp3) is 0.750. The Labute approximate surface area is 53.3 Å². The minimum Gasteiger partial charge on any atom is -0.370 e. The Morgan fingerprint density at radius 3 is 2.78 bits per heavy atom. The van der Waals surface area contributed by atoms with Crippen LogP contribution in [-0.4, -0.2) is 19.2 Å². The monoisotopic (exact) mass is 133 g/mol. The topological polar surface area (TPSA) is 90.4 Å². The molecule has 1 amide bonds. The van der Waals surface area contributed by atoms with Crippen molar-refractivity contribution < 1.29 is 9.63 Å². The lowest BCUT2D eigenvalue weighted by Gasteiger charge is -1.99. The van der Waals surface area contributed by atoms with E-state index in [4.69, 9.17) is 11.5 Å². The molecular formula is C4H11N3O2. The second-order valence-electron chi connectivity index (χ2n) is 1.41. The first-order valence-corrected chi connectivity index (χ1v) is 2.60. The molecule has 0 aliphatic heterocycles. The lowest BCUT2D eigenvalue weighted by atomic mass is 10.4. The van der Waals surface area contributed by atoms with Crippen LogP contribution >= 0.6 is 0 Å². The molecule has 0 saturated heterocycles. The minimum absolute atomic E-state index is 0.215. The zero-order valence-electron chi connectivity index (χ0n) is 5.09. The standard InChI is InChI=1S/C4H11N3O2/c5-3-7-9-2-1-4(6)8/h7H,1-3,5H2,(H2,6,8). The van der Waals surface area contributed by atoms with Crippen LogP contribution in [0, 0.1) is 0 Å². The van der Waals surface area contributed by atoms with Crippen molar-refractivity contribution in [3.8, 4) is 0 Å². The highest BCUT2D eigenvalue weighted by atomic mass is 16.6. The second-order valence-corrected chi connectivity index (χ2v) is 1.41. The number of hydrogen-bond acceptors (Lipinski definition) is 4. The Morgan fingerprint density at radius 1 is 1.67 bits per heavy atom. The normalized spacial score (nSPS) is 9.44. The molecule has 0 unspecified atom stereocenters. The fourth-order valence-corrected chi connectivity index (χ4v) is 0.283. The highest BCUT2D eigenvalue weighted by Crippen LogP contribution is 1.74. The molecular weight excluding hydrogens is 122 g/mol. The lowest BCUT2D eigenvalue weighted by Crippen LogP contribution is -2.24. The summed E-state index contributed by atoms with van der Waals surface area (Å²) >= 11 is 0. The molecule has 54 valence electrons. The van der Waals surface area contributed by atoms with E-state index in [1.54, 1.807) is 0 Å². The number of nitrogens with two attached hydrogens (primary N) is 2. The van der Waals surface area contributed by atoms with Crippen molar-refractivity contribution in [3.63, 3.8) is 0 Å². The van der Waals surface area contributed by atoms with E-state index in [9.17, 15) is 4.79 Å². The highest BCUT2D eigenvalue weighted by molar-refractivity contribution is 5.73. The summed E-state index contributed by atoms with van der Waals surface area (Å²) in [5, 5.41) is 0. The number of hydroxylamine groups is 1. The van der Waals surface area contributed by atoms with Gasteiger partial charge in [-0.2, -0.15) is 5.48 Å². The predicted octanol–water partition coefficient (Wildman–Crippen LogP) is -1.70. The maximum absolute atomic E-state index is 10.0. The maximum atomic E-state index is 10.0. The third kappa shape index (κ3) is 7.35. The lowest BCUT2D eigenvalue weighted by molar-refractivity contribution is -0.119. The van der Waals surface area contributed by atoms with E-state index in [0.717, 1.165) is 0 Å². The van der Waals surface area contributed by atoms with Crippen LogP contribution in [0.15, 0.2) is 0 Å². The van der Waals surface area contributed by atoms with Gasteiger partial charge in [0.1, 0.15) is 0 Å². The van der Waals surface area contributed by atoms with Crippen molar-refractivity contribution in [3.05, 3.63) is 0 Å². The number of carbonyl (C=O) groups excluding carboxylic acids is 1. The van der Waals surface area contributed by atoms with Crippen molar-refractivity contribution in [1.82, 2.24) is 5.48 Å². The summed E-state index contributed by atoms with van der Waals surface area (Å²) in [5.41, 5.74) is 12.2. The van der Waals surface area contributed by atoms with Crippen molar-refractivity contribution in [2.75, 3.05) is 13.3 Å². The molecule has 5 nitrogen and oxygen atoms in total. The SMILES string of the molecule is NCNOCCC(N)=O. The third-order valence-electron chi connectivity index (χ3n) is 0.636. The predicted molar refractivity (Wildman–Crippen MR) is 32.0 cm³/mol. The number of nitrogens with one attached hydrogen (secondary N) is 1. The summed E-state index contributed by atoms with van der Waals surface area (Å²) in [6.07, 6.45) is 0.215. The first kappa shape index (κ1) is 8.35. The quantitative estimate of drug-likeness (QED) is 0.237. The number of amides is 1. The molecule has 0 spiro atoms. The summed E-state index contributed by atoms with van der Waals surface area (Å²) in [7, 11) is 0. The summed E-state index contributed by atoms with van der Waals surface area (Å²) in [4.78, 5) is 14.7. The number of primary amides is 1. The first-order valence-electron chi connectivity index (χ1n) is 2.60. The molecule has 0 atom stereocenters. The molecule has 0 aromatic rings. The van der Waals surface area contributed by atoms with Gasteiger partial charge < -0.3 is 16.3 Å². The summed E-state index contributed by atoms with van der Waals surface area (Å²) in [5.74, 6) is -0.381. The molecule has 0 saturated carbocycles. The van der Waals surface area contributed by atoms with E-state index >= 15 is 0 Å². The van der Waals surface area contributed by atoms with Gasteiger partial charge in [0.05, 0.1) is 19.7 Å². The van der Waals surface area contributed by atoms with Crippen molar-refractivity contribution in [2.24, 2.45) is 11.5 Å². The number of rotatable bonds is 5. The van der Waals surface area contributed by atoms with Gasteiger partial charge in [0.15, 0.2) is 0 Å². The zero-order valence-corrected chi connectivity index (χ0v) is 5.09. The Hall–Kier alpha value is -0.650. The van der Waals surface area contributed by atoms with E-state index in [1.807, 2.05) is 0 Å². The van der Waals surface area contributed by atoms with E-state index < -0.39 is 0 Å². The largest absolute Gasteiger partial charge is 0.370 e. The third-order valence-corrected chi connectivity index (χ3v) is 0.636. The maximum Gasteiger partial charge on any atom is 0.219 e. The van der Waals surface area contributed by atoms with E-state index in [0.29, 0.717) is 0 Å². The van der Waals surface area contributed by atoms with Crippen molar-refractivity contribution >= 4 is 5.91 Å². The van der Waals surface area contributed by atoms with Gasteiger partial charge >= 0.3 is 0 Å². The summed E-state index contributed by atoms with van der Waals surface area (Å²) in [6, 6.07) is 0. The van der Waals surface area contributed by atoms with Gasteiger partial charge in [0.25, 0.3) is 0 Å². The Morgan fingerprint density at radius 2 is 2.33 bits per heavy atom. The second kappa shape index (κ2) is 5.49. The van der Waals surface area contributed by atoms with E-state index in [1.165, 1.54) is 0 Å². The van der Waals surface area contributed by atoms with Crippen LogP contribution in [0.1, 0.15) is 6.42 Å². The molecule has 0 fully saturated rings. The molecule has 0 heterocycles. The molecule has 0 aromatic carbocycles. The van der Waals surface area contributed by atoms with Crippen LogP contribution in [-0.2, 0) is 9.63 Å². The Bertz CT molecular complexity index is 85.9. The van der Waals surface area contributed by atoms with Gasteiger partial charge in [0, 0.05) is 0 Å². The van der Waals surface area contributed by atoms with Gasteiger partial charge in [-0.25, -0.2) is 0 Å². The van der Waals surface area contributed by atoms with Crippen LogP contribution in [0.4, 0.5) is 0 Å². The molecule has 0 aliphatic rings. The van der Waals surface area contributed by atoms with E-state index in [-0.39, 0.29) is 25.6 Å². The molecule has 5 N–H and O–H groups in total. The zero-order chi connectivity index (χ0) is 7.11. The highest BCUT2D eigenvalue weighted by Gasteiger charge is 1.91. The van der Waals surface area contributed by atoms with Crippen LogP contribution in [0.25, 0.3) is 0 Å². The van der Waals surface area contributed by atoms with Crippen LogP contribution in [0.5, 0.6) is 0 Å². The van der Waals surface area contributed by atoms with Crippen LogP contribution in [0.3, 0.4) is 0 Å². The first-order chi connectivity index (χ1) is 4.27. The number of carbonyl (C=O) groups is 1.